The molecule has 1 aliphatic rings. The Labute approximate surface area is 71.7 Å². The Morgan fingerprint density at radius 3 is 2.75 bits per heavy atom. The zero-order chi connectivity index (χ0) is 9.19. The van der Waals surface area contributed by atoms with Gasteiger partial charge in [0, 0.05) is 19.0 Å². The highest BCUT2D eigenvalue weighted by molar-refractivity contribution is 4.90. The van der Waals surface area contributed by atoms with Crippen molar-refractivity contribution >= 4 is 0 Å². The number of halogens is 2. The smallest absolute Gasteiger partial charge is 0.262 e. The van der Waals surface area contributed by atoms with Gasteiger partial charge < -0.3 is 10.6 Å². The molecule has 1 rings (SSSR count). The molecule has 2 atom stereocenters. The van der Waals surface area contributed by atoms with Gasteiger partial charge in [0.05, 0.1) is 6.04 Å². The fourth-order valence-corrected chi connectivity index (χ4v) is 1.55. The van der Waals surface area contributed by atoms with E-state index in [1.165, 1.54) is 0 Å². The lowest BCUT2D eigenvalue weighted by Gasteiger charge is -2.35. The molecule has 2 nitrogen and oxygen atoms in total. The summed E-state index contributed by atoms with van der Waals surface area (Å²) in [5.41, 5.74) is 0. The van der Waals surface area contributed by atoms with Crippen molar-refractivity contribution < 1.29 is 8.78 Å². The largest absolute Gasteiger partial charge is 0.318 e. The maximum absolute atomic E-state index is 12.9. The summed E-state index contributed by atoms with van der Waals surface area (Å²) in [5, 5.41) is 5.87. The van der Waals surface area contributed by atoms with Crippen LogP contribution in [-0.2, 0) is 0 Å². The van der Waals surface area contributed by atoms with E-state index in [4.69, 9.17) is 0 Å². The molecule has 1 aliphatic heterocycles. The number of piperidine rings is 1. The Morgan fingerprint density at radius 1 is 1.58 bits per heavy atom. The van der Waals surface area contributed by atoms with Gasteiger partial charge in [0.15, 0.2) is 0 Å². The van der Waals surface area contributed by atoms with Crippen molar-refractivity contribution in [1.82, 2.24) is 10.6 Å². The molecular formula is C8H16F2N2. The van der Waals surface area contributed by atoms with Crippen molar-refractivity contribution in [3.8, 4) is 0 Å². The molecule has 0 amide bonds. The van der Waals surface area contributed by atoms with E-state index in [0.717, 1.165) is 6.54 Å². The molecule has 0 aromatic heterocycles. The van der Waals surface area contributed by atoms with E-state index in [-0.39, 0.29) is 12.5 Å². The molecule has 0 aromatic carbocycles. The molecule has 2 unspecified atom stereocenters. The summed E-state index contributed by atoms with van der Waals surface area (Å²) in [6.07, 6.45) is 0.561. The molecule has 1 heterocycles. The van der Waals surface area contributed by atoms with Gasteiger partial charge >= 0.3 is 0 Å². The first-order valence-electron chi connectivity index (χ1n) is 4.34. The Balaban J connectivity index is 2.41. The zero-order valence-electron chi connectivity index (χ0n) is 7.53. The highest BCUT2D eigenvalue weighted by atomic mass is 19.3. The molecule has 0 saturated carbocycles. The SMILES string of the molecule is CNCC1CCC(F)(F)C(C)N1. The monoisotopic (exact) mass is 178 g/mol. The summed E-state index contributed by atoms with van der Waals surface area (Å²) >= 11 is 0. The van der Waals surface area contributed by atoms with E-state index < -0.39 is 12.0 Å². The average Bonchev–Trinajstić information content (AvgIpc) is 1.98. The molecule has 72 valence electrons. The van der Waals surface area contributed by atoms with Gasteiger partial charge in [-0.1, -0.05) is 0 Å². The van der Waals surface area contributed by atoms with Crippen LogP contribution in [0.1, 0.15) is 19.8 Å². The zero-order valence-corrected chi connectivity index (χ0v) is 7.53. The number of alkyl halides is 2. The topological polar surface area (TPSA) is 24.1 Å². The van der Waals surface area contributed by atoms with Crippen LogP contribution in [0.2, 0.25) is 0 Å². The molecule has 0 bridgehead atoms. The molecule has 0 radical (unpaired) electrons. The first-order chi connectivity index (χ1) is 5.56. The van der Waals surface area contributed by atoms with Gasteiger partial charge in [-0.05, 0) is 20.4 Å². The Hall–Kier alpha value is -0.220. The van der Waals surface area contributed by atoms with E-state index in [1.54, 1.807) is 6.92 Å². The van der Waals surface area contributed by atoms with Crippen LogP contribution in [-0.4, -0.2) is 31.6 Å². The highest BCUT2D eigenvalue weighted by Crippen LogP contribution is 2.29. The van der Waals surface area contributed by atoms with Gasteiger partial charge in [-0.3, -0.25) is 0 Å². The standard InChI is InChI=1S/C8H16F2N2/c1-6-8(9,10)4-3-7(12-6)5-11-2/h6-7,11-12H,3-5H2,1-2H3. The summed E-state index contributed by atoms with van der Waals surface area (Å²) in [6, 6.07) is -0.491. The van der Waals surface area contributed by atoms with Crippen LogP contribution in [0.15, 0.2) is 0 Å². The van der Waals surface area contributed by atoms with Gasteiger partial charge in [-0.15, -0.1) is 0 Å². The minimum Gasteiger partial charge on any atom is -0.318 e. The number of likely N-dealkylation sites (N-methyl/N-ethyl adjacent to an activating group) is 1. The van der Waals surface area contributed by atoms with Crippen molar-refractivity contribution in [3.05, 3.63) is 0 Å². The summed E-state index contributed by atoms with van der Waals surface area (Å²) < 4.78 is 25.9. The molecule has 1 saturated heterocycles. The Bertz CT molecular complexity index is 150. The third kappa shape index (κ3) is 2.14. The van der Waals surface area contributed by atoms with Gasteiger partial charge in [0.25, 0.3) is 5.92 Å². The summed E-state index contributed by atoms with van der Waals surface area (Å²) in [5.74, 6) is -2.52. The summed E-state index contributed by atoms with van der Waals surface area (Å²) in [7, 11) is 1.83. The van der Waals surface area contributed by atoms with Gasteiger partial charge in [-0.2, -0.15) is 0 Å². The molecule has 1 fully saturated rings. The summed E-state index contributed by atoms with van der Waals surface area (Å²) in [6.45, 7) is 2.31. The van der Waals surface area contributed by atoms with Crippen LogP contribution < -0.4 is 10.6 Å². The normalized spacial score (nSPS) is 35.0. The Kier molecular flexibility index (Phi) is 3.01. The number of hydrogen-bond donors (Lipinski definition) is 2. The molecule has 4 heteroatoms. The molecule has 2 N–H and O–H groups in total. The predicted molar refractivity (Wildman–Crippen MR) is 44.5 cm³/mol. The average molecular weight is 178 g/mol. The number of nitrogens with one attached hydrogen (secondary N) is 2. The van der Waals surface area contributed by atoms with Crippen molar-refractivity contribution in [2.75, 3.05) is 13.6 Å². The molecule has 12 heavy (non-hydrogen) atoms. The highest BCUT2D eigenvalue weighted by Gasteiger charge is 2.41. The van der Waals surface area contributed by atoms with Gasteiger partial charge in [0.2, 0.25) is 0 Å². The van der Waals surface area contributed by atoms with Crippen LogP contribution >= 0.6 is 0 Å². The van der Waals surface area contributed by atoms with E-state index in [9.17, 15) is 8.78 Å². The van der Waals surface area contributed by atoms with Crippen molar-refractivity contribution in [2.45, 2.75) is 37.8 Å². The lowest BCUT2D eigenvalue weighted by Crippen LogP contribution is -2.55. The van der Waals surface area contributed by atoms with Crippen LogP contribution in [0.3, 0.4) is 0 Å². The van der Waals surface area contributed by atoms with Gasteiger partial charge in [0.1, 0.15) is 0 Å². The van der Waals surface area contributed by atoms with Crippen molar-refractivity contribution in [1.29, 1.82) is 0 Å². The third-order valence-corrected chi connectivity index (χ3v) is 2.40. The third-order valence-electron chi connectivity index (χ3n) is 2.40. The quantitative estimate of drug-likeness (QED) is 0.658. The molecule has 0 aliphatic carbocycles. The fourth-order valence-electron chi connectivity index (χ4n) is 1.55. The van der Waals surface area contributed by atoms with E-state index >= 15 is 0 Å². The van der Waals surface area contributed by atoms with Gasteiger partial charge in [-0.25, -0.2) is 8.78 Å². The fraction of sp³-hybridized carbons (Fsp3) is 1.00. The lowest BCUT2D eigenvalue weighted by atomic mass is 9.96. The number of rotatable bonds is 2. The van der Waals surface area contributed by atoms with Crippen LogP contribution in [0.25, 0.3) is 0 Å². The van der Waals surface area contributed by atoms with Crippen molar-refractivity contribution in [2.24, 2.45) is 0 Å². The maximum atomic E-state index is 12.9. The second-order valence-electron chi connectivity index (χ2n) is 3.44. The van der Waals surface area contributed by atoms with Crippen LogP contribution in [0.5, 0.6) is 0 Å². The van der Waals surface area contributed by atoms with E-state index in [0.29, 0.717) is 6.42 Å². The van der Waals surface area contributed by atoms with E-state index in [1.807, 2.05) is 7.05 Å². The second-order valence-corrected chi connectivity index (χ2v) is 3.44. The first-order valence-corrected chi connectivity index (χ1v) is 4.34. The minimum absolute atomic E-state index is 0.00745. The Morgan fingerprint density at radius 2 is 2.25 bits per heavy atom. The lowest BCUT2D eigenvalue weighted by molar-refractivity contribution is -0.0638. The van der Waals surface area contributed by atoms with Crippen LogP contribution in [0, 0.1) is 0 Å². The van der Waals surface area contributed by atoms with Crippen LogP contribution in [0.4, 0.5) is 8.78 Å². The van der Waals surface area contributed by atoms with E-state index in [2.05, 4.69) is 10.6 Å². The molecule has 0 aromatic rings. The first kappa shape index (κ1) is 9.86. The minimum atomic E-state index is -2.52. The molecule has 0 spiro atoms. The van der Waals surface area contributed by atoms with Crippen molar-refractivity contribution in [3.63, 3.8) is 0 Å². The second kappa shape index (κ2) is 3.66. The molecular weight excluding hydrogens is 162 g/mol. The summed E-state index contributed by atoms with van der Waals surface area (Å²) in [4.78, 5) is 0. The number of hydrogen-bond acceptors (Lipinski definition) is 2. The maximum Gasteiger partial charge on any atom is 0.262 e. The predicted octanol–water partition coefficient (Wildman–Crippen LogP) is 0.982.